The number of hydrogen-bond donors (Lipinski definition) is 4. The maximum absolute atomic E-state index is 16.1. The maximum Gasteiger partial charge on any atom is 0.320 e. The molecule has 3 heterocycles. The number of pyridine rings is 1. The molecule has 14 heteroatoms. The molecule has 224 valence electrons. The molecule has 5 rings (SSSR count). The van der Waals surface area contributed by atoms with Gasteiger partial charge in [-0.05, 0) is 37.3 Å². The van der Waals surface area contributed by atoms with Gasteiger partial charge in [-0.15, -0.1) is 0 Å². The fourth-order valence-electron chi connectivity index (χ4n) is 4.71. The van der Waals surface area contributed by atoms with Crippen molar-refractivity contribution < 1.29 is 33.3 Å². The second-order valence-corrected chi connectivity index (χ2v) is 9.93. The first-order valence-electron chi connectivity index (χ1n) is 13.2. The molecule has 0 saturated carbocycles. The van der Waals surface area contributed by atoms with Gasteiger partial charge < -0.3 is 34.9 Å². The van der Waals surface area contributed by atoms with Crippen LogP contribution in [0.25, 0.3) is 11.4 Å². The van der Waals surface area contributed by atoms with Gasteiger partial charge in [0.15, 0.2) is 11.5 Å². The summed E-state index contributed by atoms with van der Waals surface area (Å²) in [6.07, 6.45) is 3.40. The van der Waals surface area contributed by atoms with E-state index in [1.165, 1.54) is 23.1 Å². The van der Waals surface area contributed by atoms with E-state index >= 15 is 8.78 Å². The van der Waals surface area contributed by atoms with E-state index < -0.39 is 46.8 Å². The molecule has 1 saturated heterocycles. The first-order chi connectivity index (χ1) is 20.5. The van der Waals surface area contributed by atoms with E-state index in [2.05, 4.69) is 9.97 Å². The van der Waals surface area contributed by atoms with Gasteiger partial charge in [-0.2, -0.15) is 13.8 Å². The number of nitrogens with zero attached hydrogens (tertiary/aromatic N) is 5. The smallest absolute Gasteiger partial charge is 0.320 e. The number of phenolic OH excluding ortho intramolecular Hbond substituents is 1. The average molecular weight is 594 g/mol. The van der Waals surface area contributed by atoms with Crippen LogP contribution in [0.4, 0.5) is 14.5 Å². The highest BCUT2D eigenvalue weighted by molar-refractivity contribution is 5.95. The van der Waals surface area contributed by atoms with Crippen molar-refractivity contribution in [2.75, 3.05) is 31.1 Å². The number of carboxylic acids is 1. The van der Waals surface area contributed by atoms with Crippen LogP contribution in [0.3, 0.4) is 0 Å². The molecule has 12 nitrogen and oxygen atoms in total. The summed E-state index contributed by atoms with van der Waals surface area (Å²) < 4.78 is 45.3. The number of phenols is 1. The average Bonchev–Trinajstić information content (AvgIpc) is 3.42. The van der Waals surface area contributed by atoms with E-state index in [1.54, 1.807) is 53.0 Å². The molecule has 0 amide bonds. The molecule has 2 aromatic heterocycles. The van der Waals surface area contributed by atoms with Crippen molar-refractivity contribution in [3.8, 4) is 40.4 Å². The van der Waals surface area contributed by atoms with Gasteiger partial charge in [-0.3, -0.25) is 15.1 Å². The Morgan fingerprint density at radius 1 is 1.07 bits per heavy atom. The number of halogens is 2. The number of nitrogen functional groups attached to an aromatic ring is 1. The Balaban J connectivity index is 1.54. The van der Waals surface area contributed by atoms with E-state index in [9.17, 15) is 15.0 Å². The number of rotatable bonds is 9. The molecule has 4 aromatic rings. The number of nitrogens with one attached hydrogen (secondary N) is 1. The molecular formula is C29H29F2N7O5. The Kier molecular flexibility index (Phi) is 8.12. The van der Waals surface area contributed by atoms with Gasteiger partial charge in [0, 0.05) is 56.7 Å². The van der Waals surface area contributed by atoms with E-state index in [1.807, 2.05) is 7.05 Å². The first-order valence-corrected chi connectivity index (χ1v) is 13.2. The van der Waals surface area contributed by atoms with Gasteiger partial charge in [0.2, 0.25) is 11.6 Å². The number of aromatic nitrogens is 3. The standard InChI is InChI=1S/C29H29F2N7O5/c1-16(29(40)41)37-10-12-38(13-11-37)24-22(30)27(42-19-5-3-4-18(14-19)26-34-8-9-36(26)2)35-28(23(24)31)43-21-15-17(25(32)33)6-7-20(21)39/h3-9,14-16,39H,10-13H2,1-2H3,(H3,32,33)(H,40,41). The zero-order valence-electron chi connectivity index (χ0n) is 23.3. The number of piperazine rings is 1. The van der Waals surface area contributed by atoms with E-state index in [0.717, 1.165) is 0 Å². The number of anilines is 1. The molecule has 1 aliphatic heterocycles. The Bertz CT molecular complexity index is 1690. The Hall–Kier alpha value is -5.24. The van der Waals surface area contributed by atoms with Crippen LogP contribution in [-0.4, -0.2) is 73.7 Å². The van der Waals surface area contributed by atoms with E-state index in [-0.39, 0.29) is 49.1 Å². The molecule has 1 unspecified atom stereocenters. The van der Waals surface area contributed by atoms with E-state index in [0.29, 0.717) is 11.4 Å². The highest BCUT2D eigenvalue weighted by atomic mass is 19.1. The Labute approximate surface area is 245 Å². The molecule has 0 aliphatic carbocycles. The lowest BCUT2D eigenvalue weighted by Gasteiger charge is -2.38. The van der Waals surface area contributed by atoms with Gasteiger partial charge in [0.1, 0.15) is 29.1 Å². The first kappa shape index (κ1) is 29.3. The number of benzene rings is 2. The van der Waals surface area contributed by atoms with Crippen LogP contribution in [0.5, 0.6) is 29.0 Å². The lowest BCUT2D eigenvalue weighted by Crippen LogP contribution is -2.52. The van der Waals surface area contributed by atoms with Crippen LogP contribution in [0.2, 0.25) is 0 Å². The summed E-state index contributed by atoms with van der Waals surface area (Å²) in [4.78, 5) is 22.9. The van der Waals surface area contributed by atoms with Crippen LogP contribution in [0.15, 0.2) is 54.9 Å². The summed E-state index contributed by atoms with van der Waals surface area (Å²) in [7, 11) is 1.82. The van der Waals surface area contributed by atoms with Crippen LogP contribution in [-0.2, 0) is 11.8 Å². The SMILES string of the molecule is CC(C(=O)O)N1CCN(c2c(F)c(Oc3cccc(-c4nccn4C)c3)nc(Oc3cc(C(=N)N)ccc3O)c2F)CC1. The molecule has 1 atom stereocenters. The zero-order chi connectivity index (χ0) is 30.8. The van der Waals surface area contributed by atoms with Gasteiger partial charge in [-0.25, -0.2) is 4.98 Å². The number of aromatic hydroxyl groups is 1. The fourth-order valence-corrected chi connectivity index (χ4v) is 4.71. The maximum atomic E-state index is 16.1. The van der Waals surface area contributed by atoms with Crippen LogP contribution in [0.1, 0.15) is 12.5 Å². The largest absolute Gasteiger partial charge is 0.504 e. The number of ether oxygens (including phenoxy) is 2. The van der Waals surface area contributed by atoms with Crippen molar-refractivity contribution in [3.05, 3.63) is 72.1 Å². The highest BCUT2D eigenvalue weighted by Crippen LogP contribution is 2.40. The number of amidine groups is 1. The molecule has 0 bridgehead atoms. The zero-order valence-corrected chi connectivity index (χ0v) is 23.3. The second-order valence-electron chi connectivity index (χ2n) is 9.93. The number of hydrogen-bond acceptors (Lipinski definition) is 9. The van der Waals surface area contributed by atoms with Crippen molar-refractivity contribution in [1.29, 1.82) is 5.41 Å². The number of imidazole rings is 1. The number of carbonyl (C=O) groups is 1. The molecule has 0 radical (unpaired) electrons. The summed E-state index contributed by atoms with van der Waals surface area (Å²) in [5.41, 5.74) is 5.94. The third-order valence-corrected chi connectivity index (χ3v) is 7.14. The quantitative estimate of drug-likeness (QED) is 0.165. The minimum Gasteiger partial charge on any atom is -0.504 e. The minimum atomic E-state index is -1.15. The summed E-state index contributed by atoms with van der Waals surface area (Å²) in [6, 6.07) is 9.74. The second kappa shape index (κ2) is 11.9. The molecule has 43 heavy (non-hydrogen) atoms. The van der Waals surface area contributed by atoms with E-state index in [4.69, 9.17) is 20.6 Å². The van der Waals surface area contributed by atoms with Gasteiger partial charge in [-0.1, -0.05) is 12.1 Å². The van der Waals surface area contributed by atoms with Crippen LogP contribution >= 0.6 is 0 Å². The third kappa shape index (κ3) is 6.04. The fraction of sp³-hybridized carbons (Fsp3) is 0.241. The van der Waals surface area contributed by atoms with Crippen molar-refractivity contribution in [2.45, 2.75) is 13.0 Å². The van der Waals surface area contributed by atoms with Crippen LogP contribution < -0.4 is 20.1 Å². The Morgan fingerprint density at radius 3 is 2.40 bits per heavy atom. The summed E-state index contributed by atoms with van der Waals surface area (Å²) >= 11 is 0. The molecule has 2 aromatic carbocycles. The lowest BCUT2D eigenvalue weighted by atomic mass is 10.2. The van der Waals surface area contributed by atoms with Crippen LogP contribution in [0, 0.1) is 17.0 Å². The predicted octanol–water partition coefficient (Wildman–Crippen LogP) is 3.93. The molecular weight excluding hydrogens is 564 g/mol. The van der Waals surface area contributed by atoms with Crippen molar-refractivity contribution in [2.24, 2.45) is 12.8 Å². The number of carboxylic acid groups (broad SMARTS) is 1. The predicted molar refractivity (Wildman–Crippen MR) is 153 cm³/mol. The lowest BCUT2D eigenvalue weighted by molar-refractivity contribution is -0.142. The van der Waals surface area contributed by atoms with Crippen molar-refractivity contribution >= 4 is 17.5 Å². The summed E-state index contributed by atoms with van der Waals surface area (Å²) in [6.45, 7) is 2.22. The van der Waals surface area contributed by atoms with Gasteiger partial charge in [0.25, 0.3) is 11.8 Å². The van der Waals surface area contributed by atoms with Crippen molar-refractivity contribution in [1.82, 2.24) is 19.4 Å². The molecule has 0 spiro atoms. The minimum absolute atomic E-state index is 0.105. The molecule has 1 aliphatic rings. The van der Waals surface area contributed by atoms with Crippen molar-refractivity contribution in [3.63, 3.8) is 0 Å². The summed E-state index contributed by atoms with van der Waals surface area (Å²) in [5.74, 6) is -4.67. The summed E-state index contributed by atoms with van der Waals surface area (Å²) in [5, 5.41) is 27.4. The number of aliphatic carboxylic acids is 1. The highest BCUT2D eigenvalue weighted by Gasteiger charge is 2.32. The Morgan fingerprint density at radius 2 is 1.77 bits per heavy atom. The number of aryl methyl sites for hydroxylation is 1. The molecule has 5 N–H and O–H groups in total. The third-order valence-electron chi connectivity index (χ3n) is 7.14. The van der Waals surface area contributed by atoms with Gasteiger partial charge in [0.05, 0.1) is 0 Å². The monoisotopic (exact) mass is 593 g/mol. The van der Waals surface area contributed by atoms with Gasteiger partial charge >= 0.3 is 5.97 Å². The molecule has 1 fully saturated rings. The topological polar surface area (TPSA) is 163 Å². The normalized spacial score (nSPS) is 14.4. The number of nitrogens with two attached hydrogens (primary N) is 1.